The number of fused-ring (bicyclic) bond motifs is 3. The van der Waals surface area contributed by atoms with Crippen LogP contribution in [0.4, 0.5) is 0 Å². The van der Waals surface area contributed by atoms with Crippen LogP contribution in [0, 0.1) is 26.7 Å². The van der Waals surface area contributed by atoms with Gasteiger partial charge in [-0.15, -0.1) is 0 Å². The quantitative estimate of drug-likeness (QED) is 0.549. The van der Waals surface area contributed by atoms with Crippen LogP contribution in [0.2, 0.25) is 0 Å². The van der Waals surface area contributed by atoms with Crippen LogP contribution in [0.25, 0.3) is 28.1 Å². The SMILES string of the molecule is Cc1ccc(C(N)=O)cc1-c1nc(C)c2c(C)nc3ccc(OCC4CC4)nc3n12. The molecule has 0 radical (unpaired) electrons. The first-order valence-corrected chi connectivity index (χ1v) is 10.1. The summed E-state index contributed by atoms with van der Waals surface area (Å²) in [5.74, 6) is 1.47. The van der Waals surface area contributed by atoms with E-state index >= 15 is 0 Å². The number of aryl methyl sites for hydroxylation is 3. The minimum atomic E-state index is -0.467. The lowest BCUT2D eigenvalue weighted by Gasteiger charge is -2.11. The second kappa shape index (κ2) is 6.79. The predicted molar refractivity (Wildman–Crippen MR) is 115 cm³/mol. The number of carbonyl (C=O) groups is 1. The van der Waals surface area contributed by atoms with Crippen LogP contribution in [0.3, 0.4) is 0 Å². The van der Waals surface area contributed by atoms with Gasteiger partial charge in [0, 0.05) is 17.2 Å². The van der Waals surface area contributed by atoms with Gasteiger partial charge in [-0.25, -0.2) is 9.97 Å². The van der Waals surface area contributed by atoms with Gasteiger partial charge in [0.2, 0.25) is 11.8 Å². The zero-order valence-corrected chi connectivity index (χ0v) is 17.3. The van der Waals surface area contributed by atoms with E-state index in [1.807, 2.05) is 43.4 Å². The highest BCUT2D eigenvalue weighted by Crippen LogP contribution is 2.32. The Kier molecular flexibility index (Phi) is 4.20. The van der Waals surface area contributed by atoms with Gasteiger partial charge >= 0.3 is 0 Å². The van der Waals surface area contributed by atoms with Crippen LogP contribution in [-0.2, 0) is 0 Å². The number of ether oxygens (including phenoxy) is 1. The number of hydrogen-bond donors (Lipinski definition) is 1. The predicted octanol–water partition coefficient (Wildman–Crippen LogP) is 3.76. The van der Waals surface area contributed by atoms with Crippen molar-refractivity contribution in [2.45, 2.75) is 33.6 Å². The first-order valence-electron chi connectivity index (χ1n) is 10.1. The molecule has 1 saturated carbocycles. The molecule has 1 amide bonds. The Morgan fingerprint density at radius 1 is 1.10 bits per heavy atom. The number of rotatable bonds is 5. The molecule has 1 aliphatic rings. The summed E-state index contributed by atoms with van der Waals surface area (Å²) in [4.78, 5) is 26.1. The molecule has 30 heavy (non-hydrogen) atoms. The summed E-state index contributed by atoms with van der Waals surface area (Å²) in [5.41, 5.74) is 11.9. The number of nitrogens with zero attached hydrogens (tertiary/aromatic N) is 4. The van der Waals surface area contributed by atoms with Gasteiger partial charge in [0.15, 0.2) is 5.65 Å². The molecule has 5 rings (SSSR count). The smallest absolute Gasteiger partial charge is 0.248 e. The van der Waals surface area contributed by atoms with Gasteiger partial charge in [0.1, 0.15) is 11.3 Å². The number of aromatic nitrogens is 4. The number of primary amides is 1. The lowest BCUT2D eigenvalue weighted by molar-refractivity contribution is 0.100. The molecular weight excluding hydrogens is 378 g/mol. The van der Waals surface area contributed by atoms with Crippen molar-refractivity contribution in [1.82, 2.24) is 19.4 Å². The molecule has 4 aromatic rings. The molecule has 0 atom stereocenters. The lowest BCUT2D eigenvalue weighted by atomic mass is 10.0. The number of nitrogens with two attached hydrogens (primary N) is 1. The van der Waals surface area contributed by atoms with Gasteiger partial charge in [-0.2, -0.15) is 4.98 Å². The van der Waals surface area contributed by atoms with Gasteiger partial charge < -0.3 is 10.5 Å². The fourth-order valence-electron chi connectivity index (χ4n) is 3.83. The molecule has 2 N–H and O–H groups in total. The molecule has 3 aromatic heterocycles. The highest BCUT2D eigenvalue weighted by Gasteiger charge is 2.23. The molecule has 152 valence electrons. The van der Waals surface area contributed by atoms with Crippen molar-refractivity contribution in [2.75, 3.05) is 6.61 Å². The summed E-state index contributed by atoms with van der Waals surface area (Å²) in [6.07, 6.45) is 2.44. The van der Waals surface area contributed by atoms with Crippen LogP contribution < -0.4 is 10.5 Å². The Hall–Kier alpha value is -3.48. The van der Waals surface area contributed by atoms with Gasteiger partial charge in [0.05, 0.1) is 23.5 Å². The van der Waals surface area contributed by atoms with E-state index in [-0.39, 0.29) is 0 Å². The highest BCUT2D eigenvalue weighted by atomic mass is 16.5. The van der Waals surface area contributed by atoms with Crippen molar-refractivity contribution in [2.24, 2.45) is 11.7 Å². The monoisotopic (exact) mass is 401 g/mol. The number of hydrogen-bond acceptors (Lipinski definition) is 5. The fraction of sp³-hybridized carbons (Fsp3) is 0.304. The van der Waals surface area contributed by atoms with Crippen molar-refractivity contribution in [3.8, 4) is 17.3 Å². The Bertz CT molecular complexity index is 1320. The molecule has 7 heteroatoms. The van der Waals surface area contributed by atoms with E-state index in [9.17, 15) is 4.79 Å². The molecule has 7 nitrogen and oxygen atoms in total. The number of imidazole rings is 1. The van der Waals surface area contributed by atoms with Crippen molar-refractivity contribution in [1.29, 1.82) is 0 Å². The first kappa shape index (κ1) is 18.5. The van der Waals surface area contributed by atoms with E-state index in [2.05, 4.69) is 0 Å². The van der Waals surface area contributed by atoms with Gasteiger partial charge in [0.25, 0.3) is 0 Å². The molecule has 0 aliphatic heterocycles. The second-order valence-electron chi connectivity index (χ2n) is 8.04. The van der Waals surface area contributed by atoms with Crippen molar-refractivity contribution >= 4 is 22.6 Å². The molecule has 0 bridgehead atoms. The third kappa shape index (κ3) is 3.07. The van der Waals surface area contributed by atoms with Crippen LogP contribution >= 0.6 is 0 Å². The minimum Gasteiger partial charge on any atom is -0.477 e. The van der Waals surface area contributed by atoms with E-state index in [1.54, 1.807) is 12.1 Å². The lowest BCUT2D eigenvalue weighted by Crippen LogP contribution is -2.11. The van der Waals surface area contributed by atoms with Crippen LogP contribution in [0.5, 0.6) is 5.88 Å². The third-order valence-corrected chi connectivity index (χ3v) is 5.65. The molecule has 1 fully saturated rings. The Labute approximate surface area is 173 Å². The minimum absolute atomic E-state index is 0.446. The zero-order valence-electron chi connectivity index (χ0n) is 17.3. The molecule has 1 aliphatic carbocycles. The number of carbonyl (C=O) groups excluding carboxylic acids is 1. The van der Waals surface area contributed by atoms with Crippen molar-refractivity contribution in [3.05, 3.63) is 52.8 Å². The van der Waals surface area contributed by atoms with Gasteiger partial charge in [-0.3, -0.25) is 9.20 Å². The number of pyridine rings is 1. The van der Waals surface area contributed by atoms with Crippen LogP contribution in [-0.4, -0.2) is 31.9 Å². The maximum absolute atomic E-state index is 11.8. The summed E-state index contributed by atoms with van der Waals surface area (Å²) in [5, 5.41) is 0. The Balaban J connectivity index is 1.78. The van der Waals surface area contributed by atoms with Crippen molar-refractivity contribution in [3.63, 3.8) is 0 Å². The fourth-order valence-corrected chi connectivity index (χ4v) is 3.83. The Morgan fingerprint density at radius 2 is 1.87 bits per heavy atom. The Morgan fingerprint density at radius 3 is 2.60 bits per heavy atom. The molecule has 0 saturated heterocycles. The standard InChI is InChI=1S/C23H23N5O2/c1-12-4-7-16(21(24)29)10-17(12)22-26-14(3)20-13(2)25-18-8-9-19(27-23(18)28(20)22)30-11-15-5-6-15/h4,7-10,15H,5-6,11H2,1-3H3,(H2,24,29). The summed E-state index contributed by atoms with van der Waals surface area (Å²) < 4.78 is 7.93. The van der Waals surface area contributed by atoms with Crippen LogP contribution in [0.15, 0.2) is 30.3 Å². The molecule has 1 aromatic carbocycles. The largest absolute Gasteiger partial charge is 0.477 e. The zero-order chi connectivity index (χ0) is 21.0. The summed E-state index contributed by atoms with van der Waals surface area (Å²) in [7, 11) is 0. The summed E-state index contributed by atoms with van der Waals surface area (Å²) in [6.45, 7) is 6.61. The summed E-state index contributed by atoms with van der Waals surface area (Å²) in [6, 6.07) is 9.21. The van der Waals surface area contributed by atoms with E-state index in [0.29, 0.717) is 35.4 Å². The first-order chi connectivity index (χ1) is 14.4. The maximum Gasteiger partial charge on any atom is 0.248 e. The number of amides is 1. The van der Waals surface area contributed by atoms with Crippen LogP contribution in [0.1, 0.15) is 40.2 Å². The number of benzene rings is 1. The van der Waals surface area contributed by atoms with E-state index in [0.717, 1.165) is 33.5 Å². The third-order valence-electron chi connectivity index (χ3n) is 5.65. The van der Waals surface area contributed by atoms with Gasteiger partial charge in [-0.1, -0.05) is 6.07 Å². The topological polar surface area (TPSA) is 95.4 Å². The molecular formula is C23H23N5O2. The maximum atomic E-state index is 11.8. The van der Waals surface area contributed by atoms with Gasteiger partial charge in [-0.05, 0) is 63.3 Å². The highest BCUT2D eigenvalue weighted by molar-refractivity contribution is 5.94. The van der Waals surface area contributed by atoms with E-state index < -0.39 is 5.91 Å². The average molecular weight is 401 g/mol. The molecule has 3 heterocycles. The van der Waals surface area contributed by atoms with E-state index in [1.165, 1.54) is 12.8 Å². The second-order valence-corrected chi connectivity index (χ2v) is 8.04. The summed E-state index contributed by atoms with van der Waals surface area (Å²) >= 11 is 0. The normalized spacial score (nSPS) is 13.8. The van der Waals surface area contributed by atoms with Crippen molar-refractivity contribution < 1.29 is 9.53 Å². The van der Waals surface area contributed by atoms with E-state index in [4.69, 9.17) is 25.4 Å². The molecule has 0 spiro atoms. The molecule has 0 unspecified atom stereocenters. The average Bonchev–Trinajstić information content (AvgIpc) is 3.48.